The van der Waals surface area contributed by atoms with Gasteiger partial charge in [0.05, 0.1) is 12.2 Å². The first kappa shape index (κ1) is 13.8. The van der Waals surface area contributed by atoms with E-state index in [1.54, 1.807) is 0 Å². The van der Waals surface area contributed by atoms with Gasteiger partial charge >= 0.3 is 0 Å². The number of thioether (sulfide) groups is 1. The molecule has 1 N–H and O–H groups in total. The summed E-state index contributed by atoms with van der Waals surface area (Å²) < 4.78 is 5.52. The van der Waals surface area contributed by atoms with Crippen molar-refractivity contribution in [3.8, 4) is 6.07 Å². The van der Waals surface area contributed by atoms with Crippen LogP contribution in [0, 0.1) is 11.3 Å². The Morgan fingerprint density at radius 2 is 2.38 bits per heavy atom. The van der Waals surface area contributed by atoms with Crippen LogP contribution in [0.15, 0.2) is 0 Å². The highest BCUT2D eigenvalue weighted by Gasteiger charge is 2.27. The molecule has 1 saturated heterocycles. The molecule has 1 aliphatic rings. The van der Waals surface area contributed by atoms with Crippen molar-refractivity contribution in [1.29, 1.82) is 5.26 Å². The molecule has 4 heteroatoms. The molecule has 3 nitrogen and oxygen atoms in total. The molecule has 0 aliphatic carbocycles. The summed E-state index contributed by atoms with van der Waals surface area (Å²) in [5.41, 5.74) is -0.371. The largest absolute Gasteiger partial charge is 0.377 e. The fourth-order valence-electron chi connectivity index (χ4n) is 1.92. The van der Waals surface area contributed by atoms with E-state index in [1.165, 1.54) is 0 Å². The molecule has 1 rings (SSSR count). The van der Waals surface area contributed by atoms with Crippen LogP contribution in [0.2, 0.25) is 0 Å². The molecule has 0 saturated carbocycles. The maximum atomic E-state index is 9.11. The van der Waals surface area contributed by atoms with Gasteiger partial charge in [0.15, 0.2) is 0 Å². The van der Waals surface area contributed by atoms with Gasteiger partial charge in [-0.1, -0.05) is 6.92 Å². The zero-order chi connectivity index (χ0) is 12.0. The van der Waals surface area contributed by atoms with Crippen LogP contribution in [-0.2, 0) is 4.74 Å². The van der Waals surface area contributed by atoms with E-state index >= 15 is 0 Å². The van der Waals surface area contributed by atoms with Crippen molar-refractivity contribution in [3.05, 3.63) is 0 Å². The van der Waals surface area contributed by atoms with Crippen LogP contribution in [0.1, 0.15) is 33.6 Å². The third-order valence-electron chi connectivity index (χ3n) is 3.05. The SMILES string of the molecule is CCNC(C)(C#N)CCSC1CCOC1C. The van der Waals surface area contributed by atoms with E-state index in [9.17, 15) is 0 Å². The first-order chi connectivity index (χ1) is 7.61. The van der Waals surface area contributed by atoms with E-state index in [4.69, 9.17) is 10.00 Å². The van der Waals surface area contributed by atoms with Crippen molar-refractivity contribution in [2.45, 2.75) is 50.5 Å². The Kier molecular flexibility index (Phi) is 5.60. The Labute approximate surface area is 103 Å². The monoisotopic (exact) mass is 242 g/mol. The van der Waals surface area contributed by atoms with Crippen LogP contribution in [0.5, 0.6) is 0 Å². The van der Waals surface area contributed by atoms with Gasteiger partial charge in [0.1, 0.15) is 5.54 Å². The van der Waals surface area contributed by atoms with E-state index in [0.717, 1.165) is 31.7 Å². The Morgan fingerprint density at radius 3 is 2.88 bits per heavy atom. The molecule has 92 valence electrons. The van der Waals surface area contributed by atoms with Crippen molar-refractivity contribution in [2.24, 2.45) is 0 Å². The summed E-state index contributed by atoms with van der Waals surface area (Å²) in [7, 11) is 0. The van der Waals surface area contributed by atoms with Gasteiger partial charge in [0, 0.05) is 11.9 Å². The third kappa shape index (κ3) is 3.97. The molecule has 1 heterocycles. The first-order valence-electron chi connectivity index (χ1n) is 6.01. The van der Waals surface area contributed by atoms with Crippen LogP contribution in [-0.4, -0.2) is 35.8 Å². The zero-order valence-corrected chi connectivity index (χ0v) is 11.3. The Morgan fingerprint density at radius 1 is 1.62 bits per heavy atom. The normalized spacial score (nSPS) is 28.6. The summed E-state index contributed by atoms with van der Waals surface area (Å²) in [5.74, 6) is 1.02. The fourth-order valence-corrected chi connectivity index (χ4v) is 3.36. The summed E-state index contributed by atoms with van der Waals surface area (Å²) in [4.78, 5) is 0. The van der Waals surface area contributed by atoms with Gasteiger partial charge in [-0.3, -0.25) is 5.32 Å². The zero-order valence-electron chi connectivity index (χ0n) is 10.5. The number of nitrogens with zero attached hydrogens (tertiary/aromatic N) is 1. The van der Waals surface area contributed by atoms with Crippen molar-refractivity contribution in [1.82, 2.24) is 5.32 Å². The third-order valence-corrected chi connectivity index (χ3v) is 4.54. The molecule has 3 unspecified atom stereocenters. The number of ether oxygens (including phenoxy) is 1. The molecule has 0 bridgehead atoms. The average Bonchev–Trinajstić information content (AvgIpc) is 2.65. The quantitative estimate of drug-likeness (QED) is 0.775. The van der Waals surface area contributed by atoms with Crippen molar-refractivity contribution >= 4 is 11.8 Å². The summed E-state index contributed by atoms with van der Waals surface area (Å²) in [6.07, 6.45) is 2.42. The van der Waals surface area contributed by atoms with Crippen LogP contribution < -0.4 is 5.32 Å². The Balaban J connectivity index is 2.26. The summed E-state index contributed by atoms with van der Waals surface area (Å²) in [5, 5.41) is 13.0. The van der Waals surface area contributed by atoms with Crippen LogP contribution in [0.4, 0.5) is 0 Å². The summed E-state index contributed by atoms with van der Waals surface area (Å²) >= 11 is 1.94. The molecule has 0 aromatic heterocycles. The fraction of sp³-hybridized carbons (Fsp3) is 0.917. The minimum Gasteiger partial charge on any atom is -0.377 e. The van der Waals surface area contributed by atoms with E-state index in [0.29, 0.717) is 11.4 Å². The van der Waals surface area contributed by atoms with Gasteiger partial charge in [-0.05, 0) is 39.0 Å². The molecule has 16 heavy (non-hydrogen) atoms. The molecule has 0 radical (unpaired) electrons. The first-order valence-corrected chi connectivity index (χ1v) is 7.05. The van der Waals surface area contributed by atoms with E-state index in [1.807, 2.05) is 25.6 Å². The average molecular weight is 242 g/mol. The number of hydrogen-bond donors (Lipinski definition) is 1. The van der Waals surface area contributed by atoms with Gasteiger partial charge < -0.3 is 4.74 Å². The molecule has 0 spiro atoms. The van der Waals surface area contributed by atoms with Gasteiger partial charge in [0.2, 0.25) is 0 Å². The van der Waals surface area contributed by atoms with E-state index in [-0.39, 0.29) is 5.54 Å². The van der Waals surface area contributed by atoms with Crippen molar-refractivity contribution in [2.75, 3.05) is 18.9 Å². The van der Waals surface area contributed by atoms with E-state index < -0.39 is 0 Å². The maximum Gasteiger partial charge on any atom is 0.104 e. The molecular formula is C12H22N2OS. The molecule has 3 atom stereocenters. The van der Waals surface area contributed by atoms with Gasteiger partial charge in [0.25, 0.3) is 0 Å². The van der Waals surface area contributed by atoms with Crippen LogP contribution in [0.3, 0.4) is 0 Å². The van der Waals surface area contributed by atoms with Gasteiger partial charge in [-0.25, -0.2) is 0 Å². The predicted molar refractivity (Wildman–Crippen MR) is 68.6 cm³/mol. The lowest BCUT2D eigenvalue weighted by Crippen LogP contribution is -2.41. The highest BCUT2D eigenvalue weighted by atomic mass is 32.2. The Hall–Kier alpha value is -0.240. The van der Waals surface area contributed by atoms with Crippen molar-refractivity contribution in [3.63, 3.8) is 0 Å². The Bertz CT molecular complexity index is 254. The molecule has 0 amide bonds. The molecule has 0 aromatic carbocycles. The number of hydrogen-bond acceptors (Lipinski definition) is 4. The van der Waals surface area contributed by atoms with Gasteiger partial charge in [-0.2, -0.15) is 17.0 Å². The minimum absolute atomic E-state index is 0.371. The lowest BCUT2D eigenvalue weighted by Gasteiger charge is -2.23. The number of rotatable bonds is 6. The lowest BCUT2D eigenvalue weighted by molar-refractivity contribution is 0.127. The highest BCUT2D eigenvalue weighted by Crippen LogP contribution is 2.27. The molecular weight excluding hydrogens is 220 g/mol. The standard InChI is InChI=1S/C12H22N2OS/c1-4-14-12(3,9-13)6-8-16-11-5-7-15-10(11)2/h10-11,14H,4-8H2,1-3H3. The highest BCUT2D eigenvalue weighted by molar-refractivity contribution is 7.99. The lowest BCUT2D eigenvalue weighted by atomic mass is 10.0. The molecule has 0 aromatic rings. The smallest absolute Gasteiger partial charge is 0.104 e. The molecule has 1 aliphatic heterocycles. The second-order valence-corrected chi connectivity index (χ2v) is 5.85. The van der Waals surface area contributed by atoms with Crippen molar-refractivity contribution < 1.29 is 4.74 Å². The number of nitrogens with one attached hydrogen (secondary N) is 1. The van der Waals surface area contributed by atoms with E-state index in [2.05, 4.69) is 18.3 Å². The number of nitriles is 1. The van der Waals surface area contributed by atoms with Crippen LogP contribution in [0.25, 0.3) is 0 Å². The van der Waals surface area contributed by atoms with Gasteiger partial charge in [-0.15, -0.1) is 0 Å². The maximum absolute atomic E-state index is 9.11. The second kappa shape index (κ2) is 6.48. The minimum atomic E-state index is -0.371. The second-order valence-electron chi connectivity index (χ2n) is 4.50. The predicted octanol–water partition coefficient (Wildman–Crippen LogP) is 2.18. The summed E-state index contributed by atoms with van der Waals surface area (Å²) in [6, 6.07) is 2.36. The summed E-state index contributed by atoms with van der Waals surface area (Å²) in [6.45, 7) is 7.89. The van der Waals surface area contributed by atoms with Crippen LogP contribution >= 0.6 is 11.8 Å². The molecule has 1 fully saturated rings. The topological polar surface area (TPSA) is 45.0 Å².